The van der Waals surface area contributed by atoms with E-state index in [4.69, 9.17) is 9.47 Å². The van der Waals surface area contributed by atoms with Crippen LogP contribution in [0.4, 0.5) is 10.5 Å². The molecule has 1 saturated heterocycles. The lowest BCUT2D eigenvalue weighted by molar-refractivity contribution is -0.00851. The maximum atomic E-state index is 12.6. The average Bonchev–Trinajstić information content (AvgIpc) is 2.70. The molecule has 0 radical (unpaired) electrons. The van der Waals surface area contributed by atoms with Crippen LogP contribution in [0.25, 0.3) is 0 Å². The van der Waals surface area contributed by atoms with Crippen LogP contribution in [0, 0.1) is 0 Å². The molecule has 2 aromatic carbocycles. The van der Waals surface area contributed by atoms with Gasteiger partial charge in [0.2, 0.25) is 0 Å². The van der Waals surface area contributed by atoms with Crippen molar-refractivity contribution in [1.82, 2.24) is 4.90 Å². The summed E-state index contributed by atoms with van der Waals surface area (Å²) in [6.45, 7) is 2.65. The van der Waals surface area contributed by atoms with E-state index in [1.54, 1.807) is 7.11 Å². The number of amides is 2. The van der Waals surface area contributed by atoms with Crippen LogP contribution in [-0.2, 0) is 15.9 Å². The minimum atomic E-state index is -0.0396. The van der Waals surface area contributed by atoms with Crippen LogP contribution >= 0.6 is 0 Å². The fourth-order valence-electron chi connectivity index (χ4n) is 3.32. The van der Waals surface area contributed by atoms with Gasteiger partial charge in [0, 0.05) is 25.9 Å². The Balaban J connectivity index is 1.49. The first-order chi connectivity index (χ1) is 13.2. The molecule has 0 bridgehead atoms. The molecule has 0 aliphatic carbocycles. The highest BCUT2D eigenvalue weighted by atomic mass is 16.5. The highest BCUT2D eigenvalue weighted by Crippen LogP contribution is 2.18. The van der Waals surface area contributed by atoms with Gasteiger partial charge in [-0.1, -0.05) is 42.5 Å². The summed E-state index contributed by atoms with van der Waals surface area (Å²) in [6, 6.07) is 18.4. The van der Waals surface area contributed by atoms with Gasteiger partial charge in [-0.2, -0.15) is 0 Å². The van der Waals surface area contributed by atoms with E-state index >= 15 is 0 Å². The summed E-state index contributed by atoms with van der Waals surface area (Å²) < 4.78 is 10.8. The van der Waals surface area contributed by atoms with Crippen molar-refractivity contribution in [2.24, 2.45) is 0 Å². The molecule has 1 aliphatic rings. The number of methoxy groups -OCH3 is 1. The SMILES string of the molecule is COCCOC1CCN(C(=O)Nc2cccc(Cc3ccccc3)c2)CC1. The maximum Gasteiger partial charge on any atom is 0.321 e. The zero-order valence-electron chi connectivity index (χ0n) is 15.9. The van der Waals surface area contributed by atoms with Crippen molar-refractivity contribution in [3.63, 3.8) is 0 Å². The Bertz CT molecular complexity index is 713. The molecule has 27 heavy (non-hydrogen) atoms. The number of carbonyl (C=O) groups excluding carboxylic acids is 1. The van der Waals surface area contributed by atoms with Crippen LogP contribution in [0.3, 0.4) is 0 Å². The molecule has 5 nitrogen and oxygen atoms in total. The van der Waals surface area contributed by atoms with Crippen LogP contribution in [0.15, 0.2) is 54.6 Å². The third-order valence-corrected chi connectivity index (χ3v) is 4.80. The Morgan fingerprint density at radius 1 is 1.04 bits per heavy atom. The Labute approximate surface area is 161 Å². The number of hydrogen-bond acceptors (Lipinski definition) is 3. The first-order valence-electron chi connectivity index (χ1n) is 9.54. The molecular formula is C22H28N2O3. The second-order valence-corrected chi connectivity index (χ2v) is 6.84. The normalized spacial score (nSPS) is 14.9. The average molecular weight is 368 g/mol. The van der Waals surface area contributed by atoms with Gasteiger partial charge in [0.25, 0.3) is 0 Å². The Morgan fingerprint density at radius 2 is 1.78 bits per heavy atom. The third kappa shape index (κ3) is 6.08. The van der Waals surface area contributed by atoms with Gasteiger partial charge in [-0.15, -0.1) is 0 Å². The van der Waals surface area contributed by atoms with Crippen LogP contribution < -0.4 is 5.32 Å². The first-order valence-corrected chi connectivity index (χ1v) is 9.54. The number of anilines is 1. The fraction of sp³-hybridized carbons (Fsp3) is 0.409. The van der Waals surface area contributed by atoms with E-state index in [0.29, 0.717) is 26.3 Å². The summed E-state index contributed by atoms with van der Waals surface area (Å²) in [5, 5.41) is 3.03. The number of nitrogens with one attached hydrogen (secondary N) is 1. The van der Waals surface area contributed by atoms with E-state index in [0.717, 1.165) is 24.9 Å². The van der Waals surface area contributed by atoms with Crippen LogP contribution in [-0.4, -0.2) is 50.4 Å². The van der Waals surface area contributed by atoms with E-state index in [2.05, 4.69) is 23.5 Å². The Morgan fingerprint density at radius 3 is 2.52 bits per heavy atom. The van der Waals surface area contributed by atoms with Crippen LogP contribution in [0.1, 0.15) is 24.0 Å². The molecule has 1 heterocycles. The number of nitrogens with zero attached hydrogens (tertiary/aromatic N) is 1. The number of benzene rings is 2. The lowest BCUT2D eigenvalue weighted by Crippen LogP contribution is -2.43. The van der Waals surface area contributed by atoms with E-state index in [1.807, 2.05) is 41.3 Å². The monoisotopic (exact) mass is 368 g/mol. The molecule has 1 fully saturated rings. The van der Waals surface area contributed by atoms with Gasteiger partial charge in [-0.3, -0.25) is 0 Å². The molecule has 0 aromatic heterocycles. The second-order valence-electron chi connectivity index (χ2n) is 6.84. The molecule has 3 rings (SSSR count). The van der Waals surface area contributed by atoms with Crippen molar-refractivity contribution in [2.45, 2.75) is 25.4 Å². The molecule has 0 saturated carbocycles. The van der Waals surface area contributed by atoms with Gasteiger partial charge in [0.05, 0.1) is 19.3 Å². The molecule has 0 atom stereocenters. The lowest BCUT2D eigenvalue weighted by atomic mass is 10.0. The van der Waals surface area contributed by atoms with Crippen LogP contribution in [0.2, 0.25) is 0 Å². The number of likely N-dealkylation sites (tertiary alicyclic amines) is 1. The van der Waals surface area contributed by atoms with Crippen molar-refractivity contribution in [3.05, 3.63) is 65.7 Å². The van der Waals surface area contributed by atoms with Crippen molar-refractivity contribution in [3.8, 4) is 0 Å². The molecule has 1 aliphatic heterocycles. The molecular weight excluding hydrogens is 340 g/mol. The number of rotatable bonds is 7. The zero-order valence-corrected chi connectivity index (χ0v) is 15.9. The van der Waals surface area contributed by atoms with Crippen molar-refractivity contribution < 1.29 is 14.3 Å². The molecule has 2 amide bonds. The molecule has 0 unspecified atom stereocenters. The predicted molar refractivity (Wildman–Crippen MR) is 107 cm³/mol. The topological polar surface area (TPSA) is 50.8 Å². The molecule has 1 N–H and O–H groups in total. The summed E-state index contributed by atoms with van der Waals surface area (Å²) in [6.07, 6.45) is 2.81. The molecule has 5 heteroatoms. The van der Waals surface area contributed by atoms with E-state index in [1.165, 1.54) is 11.1 Å². The minimum Gasteiger partial charge on any atom is -0.382 e. The molecule has 0 spiro atoms. The summed E-state index contributed by atoms with van der Waals surface area (Å²) in [7, 11) is 1.67. The van der Waals surface area contributed by atoms with Gasteiger partial charge >= 0.3 is 6.03 Å². The largest absolute Gasteiger partial charge is 0.382 e. The summed E-state index contributed by atoms with van der Waals surface area (Å²) in [5.74, 6) is 0. The zero-order chi connectivity index (χ0) is 18.9. The van der Waals surface area contributed by atoms with Gasteiger partial charge in [0.15, 0.2) is 0 Å². The standard InChI is InChI=1S/C22H28N2O3/c1-26-14-15-27-21-10-12-24(13-11-21)22(25)23-20-9-5-8-19(17-20)16-18-6-3-2-4-7-18/h2-9,17,21H,10-16H2,1H3,(H,23,25). The summed E-state index contributed by atoms with van der Waals surface area (Å²) in [4.78, 5) is 14.4. The fourth-order valence-corrected chi connectivity index (χ4v) is 3.32. The summed E-state index contributed by atoms with van der Waals surface area (Å²) in [5.41, 5.74) is 3.28. The number of carbonyl (C=O) groups is 1. The van der Waals surface area contributed by atoms with E-state index < -0.39 is 0 Å². The highest BCUT2D eigenvalue weighted by molar-refractivity contribution is 5.89. The van der Waals surface area contributed by atoms with Crippen molar-refractivity contribution in [2.75, 3.05) is 38.7 Å². The van der Waals surface area contributed by atoms with Gasteiger partial charge < -0.3 is 19.7 Å². The lowest BCUT2D eigenvalue weighted by Gasteiger charge is -2.32. The number of hydrogen-bond donors (Lipinski definition) is 1. The van der Waals surface area contributed by atoms with Crippen LogP contribution in [0.5, 0.6) is 0 Å². The minimum absolute atomic E-state index is 0.0396. The Hall–Kier alpha value is -2.37. The van der Waals surface area contributed by atoms with Gasteiger partial charge in [-0.25, -0.2) is 4.79 Å². The van der Waals surface area contributed by atoms with Gasteiger partial charge in [-0.05, 0) is 42.5 Å². The van der Waals surface area contributed by atoms with Crippen molar-refractivity contribution >= 4 is 11.7 Å². The highest BCUT2D eigenvalue weighted by Gasteiger charge is 2.23. The number of urea groups is 1. The third-order valence-electron chi connectivity index (χ3n) is 4.80. The number of ether oxygens (including phenoxy) is 2. The van der Waals surface area contributed by atoms with E-state index in [-0.39, 0.29) is 12.1 Å². The Kier molecular flexibility index (Phi) is 7.25. The van der Waals surface area contributed by atoms with Gasteiger partial charge in [0.1, 0.15) is 0 Å². The first kappa shape index (κ1) is 19.4. The summed E-state index contributed by atoms with van der Waals surface area (Å²) >= 11 is 0. The quantitative estimate of drug-likeness (QED) is 0.753. The van der Waals surface area contributed by atoms with E-state index in [9.17, 15) is 4.79 Å². The second kappa shape index (κ2) is 10.1. The number of piperidine rings is 1. The maximum absolute atomic E-state index is 12.6. The molecule has 2 aromatic rings. The molecule has 144 valence electrons. The predicted octanol–water partition coefficient (Wildman–Crippen LogP) is 3.94. The van der Waals surface area contributed by atoms with Crippen molar-refractivity contribution in [1.29, 1.82) is 0 Å². The smallest absolute Gasteiger partial charge is 0.321 e.